The second-order valence-corrected chi connectivity index (χ2v) is 12.5. The Bertz CT molecular complexity index is 2170. The number of nitrogen functional groups attached to an aromatic ring is 1. The molecule has 2 amide bonds. The number of aromatic nitrogens is 2. The van der Waals surface area contributed by atoms with Gasteiger partial charge in [-0.2, -0.15) is 0 Å². The Morgan fingerprint density at radius 1 is 0.692 bits per heavy atom. The van der Waals surface area contributed by atoms with Gasteiger partial charge in [0.1, 0.15) is 0 Å². The number of Topliss-reactive ketones (excluding diaryl/α,β-unsaturated/α-hetero) is 1. The first-order chi connectivity index (χ1) is 25.3. The van der Waals surface area contributed by atoms with Crippen LogP contribution in [0.3, 0.4) is 0 Å². The number of nitrogens with one attached hydrogen (secondary N) is 2. The molecular formula is C39H45N7O6. The van der Waals surface area contributed by atoms with E-state index in [1.807, 2.05) is 50.2 Å². The lowest BCUT2D eigenvalue weighted by molar-refractivity contribution is 0.0993. The number of ether oxygens (including phenoxy) is 2. The minimum atomic E-state index is -0.467. The predicted octanol–water partition coefficient (Wildman–Crippen LogP) is 4.30. The van der Waals surface area contributed by atoms with Crippen molar-refractivity contribution in [3.05, 3.63) is 105 Å². The Balaban J connectivity index is 0.000000198. The van der Waals surface area contributed by atoms with E-state index in [-0.39, 0.29) is 23.4 Å². The number of urea groups is 1. The number of benzene rings is 3. The molecule has 2 aromatic heterocycles. The van der Waals surface area contributed by atoms with Gasteiger partial charge in [-0.1, -0.05) is 30.3 Å². The van der Waals surface area contributed by atoms with E-state index in [4.69, 9.17) is 15.2 Å². The zero-order chi connectivity index (χ0) is 36.6. The molecule has 7 rings (SSSR count). The number of pyridine rings is 2. The minimum absolute atomic E-state index is 0.0336. The molecular weight excluding hydrogens is 662 g/mol. The number of ketones is 1. The third-order valence-electron chi connectivity index (χ3n) is 9.30. The summed E-state index contributed by atoms with van der Waals surface area (Å²) in [6, 6.07) is 22.9. The highest BCUT2D eigenvalue weighted by Gasteiger charge is 2.19. The van der Waals surface area contributed by atoms with E-state index in [2.05, 4.69) is 20.4 Å². The lowest BCUT2D eigenvalue weighted by atomic mass is 10.1. The number of carbonyl (C=O) groups excluding carboxylic acids is 2. The molecule has 0 spiro atoms. The zero-order valence-electron chi connectivity index (χ0n) is 29.6. The van der Waals surface area contributed by atoms with E-state index < -0.39 is 6.03 Å². The van der Waals surface area contributed by atoms with Crippen LogP contribution in [0, 0.1) is 0 Å². The van der Waals surface area contributed by atoms with E-state index in [1.54, 1.807) is 51.6 Å². The van der Waals surface area contributed by atoms with Gasteiger partial charge < -0.3 is 44.8 Å². The van der Waals surface area contributed by atoms with E-state index in [1.165, 1.54) is 0 Å². The molecule has 3 aromatic carbocycles. The molecule has 13 heteroatoms. The number of fused-ring (bicyclic) bond motifs is 2. The summed E-state index contributed by atoms with van der Waals surface area (Å²) < 4.78 is 14.3. The highest BCUT2D eigenvalue weighted by molar-refractivity contribution is 6.02. The van der Waals surface area contributed by atoms with Crippen LogP contribution in [0.1, 0.15) is 24.2 Å². The van der Waals surface area contributed by atoms with Crippen LogP contribution in [0.5, 0.6) is 0 Å². The molecule has 0 saturated carbocycles. The Labute approximate surface area is 301 Å². The lowest BCUT2D eigenvalue weighted by Crippen LogP contribution is -2.37. The van der Waals surface area contributed by atoms with Crippen LogP contribution in [-0.4, -0.2) is 80.1 Å². The summed E-state index contributed by atoms with van der Waals surface area (Å²) in [6.45, 7) is 10.6. The van der Waals surface area contributed by atoms with Crippen LogP contribution < -0.4 is 37.3 Å². The third-order valence-corrected chi connectivity index (χ3v) is 9.30. The van der Waals surface area contributed by atoms with Gasteiger partial charge in [0.2, 0.25) is 0 Å². The van der Waals surface area contributed by atoms with Crippen molar-refractivity contribution in [1.29, 1.82) is 0 Å². The minimum Gasteiger partial charge on any atom is -0.399 e. The summed E-state index contributed by atoms with van der Waals surface area (Å²) in [5, 5.41) is 7.31. The van der Waals surface area contributed by atoms with Crippen molar-refractivity contribution in [3.8, 4) is 0 Å². The molecule has 4 N–H and O–H groups in total. The Hall–Kier alpha value is -5.66. The maximum absolute atomic E-state index is 12.6. The molecule has 0 unspecified atom stereocenters. The summed E-state index contributed by atoms with van der Waals surface area (Å²) in [4.78, 5) is 53.9. The van der Waals surface area contributed by atoms with Crippen LogP contribution in [0.2, 0.25) is 0 Å². The number of hydrogen-bond donors (Lipinski definition) is 3. The van der Waals surface area contributed by atoms with Gasteiger partial charge in [-0.3, -0.25) is 14.4 Å². The van der Waals surface area contributed by atoms with Crippen molar-refractivity contribution in [1.82, 2.24) is 14.5 Å². The molecule has 52 heavy (non-hydrogen) atoms. The quantitative estimate of drug-likeness (QED) is 0.158. The second kappa shape index (κ2) is 16.6. The number of hydrogen-bond acceptors (Lipinski definition) is 9. The van der Waals surface area contributed by atoms with E-state index in [0.29, 0.717) is 69.5 Å². The first kappa shape index (κ1) is 36.1. The molecule has 2 saturated heterocycles. The fourth-order valence-electron chi connectivity index (χ4n) is 6.68. The van der Waals surface area contributed by atoms with Gasteiger partial charge in [-0.15, -0.1) is 0 Å². The molecule has 5 aromatic rings. The number of nitrogens with two attached hydrogens (primary N) is 1. The highest BCUT2D eigenvalue weighted by Crippen LogP contribution is 2.30. The van der Waals surface area contributed by atoms with Crippen LogP contribution in [0.15, 0.2) is 88.5 Å². The average molecular weight is 708 g/mol. The summed E-state index contributed by atoms with van der Waals surface area (Å²) in [6.07, 6.45) is 0. The summed E-state index contributed by atoms with van der Waals surface area (Å²) in [5.41, 5.74) is 11.3. The van der Waals surface area contributed by atoms with Gasteiger partial charge in [0.25, 0.3) is 11.1 Å². The van der Waals surface area contributed by atoms with Crippen LogP contribution in [0.4, 0.5) is 27.5 Å². The van der Waals surface area contributed by atoms with Gasteiger partial charge in [0.05, 0.1) is 55.4 Å². The standard InChI is InChI=1S/C24H26N4O4.C15H19N3O2/c1-2-28-20-9-8-18(26-24(31)25-16-22(29)17-6-4-3-5-7-17)14-19(20)21(15-23(28)30)27-10-12-32-13-11-27;1-2-18-13-4-3-11(16)9-12(13)14(10-15(18)19)17-5-7-20-8-6-17/h3-9,14-15H,2,10-13,16H2,1H3,(H2,25,26,31);3-4,9-10H,2,5-8,16H2,1H3. The number of aryl methyl sites for hydroxylation is 2. The fourth-order valence-corrected chi connectivity index (χ4v) is 6.68. The molecule has 4 heterocycles. The second-order valence-electron chi connectivity index (χ2n) is 12.5. The fraction of sp³-hybridized carbons (Fsp3) is 0.333. The predicted molar refractivity (Wildman–Crippen MR) is 206 cm³/mol. The molecule has 272 valence electrons. The number of rotatable bonds is 8. The molecule has 0 radical (unpaired) electrons. The van der Waals surface area contributed by atoms with E-state index in [0.717, 1.165) is 46.3 Å². The Morgan fingerprint density at radius 3 is 1.75 bits per heavy atom. The van der Waals surface area contributed by atoms with Gasteiger partial charge in [-0.05, 0) is 50.2 Å². The van der Waals surface area contributed by atoms with Gasteiger partial charge in [-0.25, -0.2) is 4.79 Å². The first-order valence-electron chi connectivity index (χ1n) is 17.7. The molecule has 0 atom stereocenters. The number of anilines is 4. The van der Waals surface area contributed by atoms with Crippen molar-refractivity contribution in [2.24, 2.45) is 0 Å². The normalized spacial score (nSPS) is 14.5. The van der Waals surface area contributed by atoms with Crippen molar-refractivity contribution in [3.63, 3.8) is 0 Å². The lowest BCUT2D eigenvalue weighted by Gasteiger charge is -2.30. The van der Waals surface area contributed by atoms with Gasteiger partial charge in [0.15, 0.2) is 5.78 Å². The van der Waals surface area contributed by atoms with Crippen LogP contribution >= 0.6 is 0 Å². The van der Waals surface area contributed by atoms with Crippen molar-refractivity contribution in [2.45, 2.75) is 26.9 Å². The van der Waals surface area contributed by atoms with E-state index in [9.17, 15) is 19.2 Å². The monoisotopic (exact) mass is 707 g/mol. The number of amides is 2. The number of carbonyl (C=O) groups is 2. The van der Waals surface area contributed by atoms with Crippen molar-refractivity contribution in [2.75, 3.05) is 80.0 Å². The molecule has 2 aliphatic heterocycles. The number of nitrogens with zero attached hydrogens (tertiary/aromatic N) is 4. The first-order valence-corrected chi connectivity index (χ1v) is 17.7. The van der Waals surface area contributed by atoms with Gasteiger partial charge >= 0.3 is 6.03 Å². The Morgan fingerprint density at radius 2 is 1.21 bits per heavy atom. The summed E-state index contributed by atoms with van der Waals surface area (Å²) >= 11 is 0. The molecule has 2 fully saturated rings. The van der Waals surface area contributed by atoms with E-state index >= 15 is 0 Å². The third kappa shape index (κ3) is 8.11. The zero-order valence-corrected chi connectivity index (χ0v) is 29.6. The maximum Gasteiger partial charge on any atom is 0.319 e. The summed E-state index contributed by atoms with van der Waals surface area (Å²) in [7, 11) is 0. The molecule has 13 nitrogen and oxygen atoms in total. The topological polar surface area (TPSA) is 153 Å². The molecule has 0 aliphatic carbocycles. The van der Waals surface area contributed by atoms with Gasteiger partial charge in [0, 0.05) is 79.1 Å². The SMILES string of the molecule is CCn1c(=O)cc(N2CCOCC2)c2cc(N)ccc21.CCn1c(=O)cc(N2CCOCC2)c2cc(NC(=O)NCC(=O)c3ccccc3)ccc21. The largest absolute Gasteiger partial charge is 0.399 e. The van der Waals surface area contributed by atoms with Crippen molar-refractivity contribution < 1.29 is 19.1 Å². The van der Waals surface area contributed by atoms with Crippen LogP contribution in [-0.2, 0) is 22.6 Å². The Kier molecular flexibility index (Phi) is 11.5. The van der Waals surface area contributed by atoms with Crippen molar-refractivity contribution >= 4 is 56.4 Å². The van der Waals surface area contributed by atoms with Crippen LogP contribution in [0.25, 0.3) is 21.8 Å². The number of morpholine rings is 2. The molecule has 2 aliphatic rings. The highest BCUT2D eigenvalue weighted by atomic mass is 16.5. The summed E-state index contributed by atoms with van der Waals surface area (Å²) in [5.74, 6) is -0.166. The smallest absolute Gasteiger partial charge is 0.319 e. The molecule has 0 bridgehead atoms. The average Bonchev–Trinajstić information content (AvgIpc) is 3.18. The maximum atomic E-state index is 12.6.